The lowest BCUT2D eigenvalue weighted by molar-refractivity contribution is -0.143. The molecule has 0 aromatic heterocycles. The summed E-state index contributed by atoms with van der Waals surface area (Å²) in [5, 5.41) is 39.5. The minimum atomic E-state index is -0.511. The maximum absolute atomic E-state index is 12.0. The number of thioether (sulfide) groups is 1. The predicted molar refractivity (Wildman–Crippen MR) is 129 cm³/mol. The molecule has 0 saturated heterocycles. The summed E-state index contributed by atoms with van der Waals surface area (Å²) in [7, 11) is 0. The molecule has 6 nitrogen and oxygen atoms in total. The average Bonchev–Trinajstić information content (AvgIpc) is 3.37. The van der Waals surface area contributed by atoms with Crippen LogP contribution < -0.4 is 0 Å². The minimum absolute atomic E-state index is 0.0378. The highest BCUT2D eigenvalue weighted by molar-refractivity contribution is 8.04. The van der Waals surface area contributed by atoms with Crippen LogP contribution in [0.25, 0.3) is 0 Å². The number of hydrogen-bond donors (Lipinski definition) is 3. The van der Waals surface area contributed by atoms with Crippen LogP contribution in [0.2, 0.25) is 0 Å². The molecule has 3 rings (SSSR count). The van der Waals surface area contributed by atoms with Gasteiger partial charge in [0.25, 0.3) is 0 Å². The van der Waals surface area contributed by atoms with Gasteiger partial charge in [0.05, 0.1) is 30.8 Å². The molecule has 0 amide bonds. The summed E-state index contributed by atoms with van der Waals surface area (Å²) in [6, 6.07) is 2.40. The van der Waals surface area contributed by atoms with Crippen molar-refractivity contribution >= 4 is 17.7 Å². The van der Waals surface area contributed by atoms with Gasteiger partial charge in [-0.1, -0.05) is 31.6 Å². The number of hydrogen-bond acceptors (Lipinski definition) is 7. The van der Waals surface area contributed by atoms with Gasteiger partial charge >= 0.3 is 5.97 Å². The fourth-order valence-corrected chi connectivity index (χ4v) is 6.88. The molecule has 0 aromatic carbocycles. The van der Waals surface area contributed by atoms with E-state index in [4.69, 9.17) is 9.84 Å². The first-order chi connectivity index (χ1) is 15.9. The minimum Gasteiger partial charge on any atom is -0.462 e. The molecular weight excluding hydrogens is 438 g/mol. The highest BCUT2D eigenvalue weighted by Crippen LogP contribution is 2.48. The Kier molecular flexibility index (Phi) is 9.87. The maximum Gasteiger partial charge on any atom is 0.319 e. The second-order valence-electron chi connectivity index (χ2n) is 9.82. The van der Waals surface area contributed by atoms with Crippen LogP contribution >= 0.6 is 11.8 Å². The van der Waals surface area contributed by atoms with Crippen molar-refractivity contribution < 1.29 is 24.9 Å². The Morgan fingerprint density at radius 3 is 2.88 bits per heavy atom. The van der Waals surface area contributed by atoms with Crippen molar-refractivity contribution in [1.82, 2.24) is 0 Å². The van der Waals surface area contributed by atoms with Crippen molar-refractivity contribution in [3.8, 4) is 6.07 Å². The monoisotopic (exact) mass is 477 g/mol. The van der Waals surface area contributed by atoms with Gasteiger partial charge in [-0.25, -0.2) is 0 Å². The Bertz CT molecular complexity index is 751. The molecule has 0 spiro atoms. The van der Waals surface area contributed by atoms with Crippen molar-refractivity contribution in [1.29, 1.82) is 5.26 Å². The standard InChI is InChI=1S/C26H39NO5S/c1-2-26(12-5-13-26)24(30)9-4-8-21-20(18(17-27)16-22(21)29)7-3-6-19-10-11-23(33-19)25(31)32-15-14-28/h4,8,10,18,20-24,28-30H,2-3,5-7,9,11-16H2,1H3/b8-4+/t18?,20-,21?,22+,23?,24?/m0/s1. The maximum atomic E-state index is 12.0. The van der Waals surface area contributed by atoms with Crippen LogP contribution in [-0.2, 0) is 9.53 Å². The highest BCUT2D eigenvalue weighted by Gasteiger charge is 2.42. The Morgan fingerprint density at radius 1 is 1.45 bits per heavy atom. The number of nitrogens with zero attached hydrogens (tertiary/aromatic N) is 1. The smallest absolute Gasteiger partial charge is 0.319 e. The molecule has 6 atom stereocenters. The Labute approximate surface area is 202 Å². The van der Waals surface area contributed by atoms with E-state index < -0.39 is 6.10 Å². The molecule has 2 aliphatic carbocycles. The number of aliphatic hydroxyl groups is 3. The summed E-state index contributed by atoms with van der Waals surface area (Å²) in [4.78, 5) is 13.1. The lowest BCUT2D eigenvalue weighted by Crippen LogP contribution is -2.40. The quantitative estimate of drug-likeness (QED) is 0.287. The van der Waals surface area contributed by atoms with Crippen LogP contribution in [0.15, 0.2) is 23.1 Å². The first-order valence-corrected chi connectivity index (χ1v) is 13.4. The molecule has 1 heterocycles. The van der Waals surface area contributed by atoms with Gasteiger partial charge in [0, 0.05) is 5.92 Å². The number of aliphatic hydroxyl groups excluding tert-OH is 3. The summed E-state index contributed by atoms with van der Waals surface area (Å²) in [6.45, 7) is 2.03. The lowest BCUT2D eigenvalue weighted by Gasteiger charge is -2.45. The number of carbonyl (C=O) groups is 1. The molecule has 1 aliphatic heterocycles. The van der Waals surface area contributed by atoms with Crippen molar-refractivity contribution in [3.05, 3.63) is 23.1 Å². The number of ether oxygens (including phenoxy) is 1. The fraction of sp³-hybridized carbons (Fsp3) is 0.769. The zero-order chi connectivity index (χ0) is 23.8. The molecule has 4 unspecified atom stereocenters. The number of carbonyl (C=O) groups excluding carboxylic acids is 1. The summed E-state index contributed by atoms with van der Waals surface area (Å²) in [5.74, 6) is -0.366. The molecule has 2 fully saturated rings. The van der Waals surface area contributed by atoms with Gasteiger partial charge in [0.15, 0.2) is 0 Å². The molecule has 7 heteroatoms. The van der Waals surface area contributed by atoms with E-state index in [1.807, 2.05) is 6.08 Å². The summed E-state index contributed by atoms with van der Waals surface area (Å²) in [6.07, 6.45) is 14.1. The fourth-order valence-electron chi connectivity index (χ4n) is 5.70. The van der Waals surface area contributed by atoms with Crippen LogP contribution in [0.1, 0.15) is 71.1 Å². The Morgan fingerprint density at radius 2 is 2.24 bits per heavy atom. The van der Waals surface area contributed by atoms with Crippen LogP contribution in [0.3, 0.4) is 0 Å². The molecule has 0 bridgehead atoms. The van der Waals surface area contributed by atoms with E-state index in [2.05, 4.69) is 25.1 Å². The molecule has 33 heavy (non-hydrogen) atoms. The molecule has 0 radical (unpaired) electrons. The first-order valence-electron chi connectivity index (χ1n) is 12.5. The van der Waals surface area contributed by atoms with E-state index in [1.54, 1.807) is 0 Å². The number of nitriles is 1. The predicted octanol–water partition coefficient (Wildman–Crippen LogP) is 4.11. The van der Waals surface area contributed by atoms with Crippen LogP contribution in [-0.4, -0.2) is 52.0 Å². The third-order valence-corrected chi connectivity index (χ3v) is 9.35. The third-order valence-electron chi connectivity index (χ3n) is 8.01. The van der Waals surface area contributed by atoms with E-state index >= 15 is 0 Å². The number of allylic oxidation sites excluding steroid dienone is 2. The van der Waals surface area contributed by atoms with Crippen molar-refractivity contribution in [2.24, 2.45) is 23.2 Å². The van der Waals surface area contributed by atoms with Gasteiger partial charge in [-0.3, -0.25) is 4.79 Å². The average molecular weight is 478 g/mol. The van der Waals surface area contributed by atoms with Crippen LogP contribution in [0.4, 0.5) is 0 Å². The number of esters is 1. The SMILES string of the molecule is CCC1(C(O)C/C=C/C2[C@@H](CCCC3=CCC(C(=O)OCCO)S3)C(C#N)C[C@H]2O)CCC1. The Balaban J connectivity index is 1.48. The van der Waals surface area contributed by atoms with Gasteiger partial charge in [0.2, 0.25) is 0 Å². The second kappa shape index (κ2) is 12.4. The van der Waals surface area contributed by atoms with Crippen LogP contribution in [0, 0.1) is 34.5 Å². The van der Waals surface area contributed by atoms with E-state index in [9.17, 15) is 20.3 Å². The van der Waals surface area contributed by atoms with Crippen molar-refractivity contribution in [3.63, 3.8) is 0 Å². The summed E-state index contributed by atoms with van der Waals surface area (Å²) < 4.78 is 5.02. The lowest BCUT2D eigenvalue weighted by atomic mass is 9.63. The van der Waals surface area contributed by atoms with E-state index in [1.165, 1.54) is 23.1 Å². The van der Waals surface area contributed by atoms with Gasteiger partial charge in [0.1, 0.15) is 11.9 Å². The van der Waals surface area contributed by atoms with Crippen LogP contribution in [0.5, 0.6) is 0 Å². The third kappa shape index (κ3) is 6.42. The van der Waals surface area contributed by atoms with E-state index in [-0.39, 0.29) is 53.7 Å². The highest BCUT2D eigenvalue weighted by atomic mass is 32.2. The van der Waals surface area contributed by atoms with Crippen molar-refractivity contribution in [2.75, 3.05) is 13.2 Å². The molecule has 3 N–H and O–H groups in total. The van der Waals surface area contributed by atoms with Crippen molar-refractivity contribution in [2.45, 2.75) is 88.6 Å². The van der Waals surface area contributed by atoms with Gasteiger partial charge in [-0.2, -0.15) is 5.26 Å². The first kappa shape index (κ1) is 26.3. The molecule has 0 aromatic rings. The van der Waals surface area contributed by atoms with Gasteiger partial charge in [-0.15, -0.1) is 11.8 Å². The molecule has 184 valence electrons. The van der Waals surface area contributed by atoms with E-state index in [0.29, 0.717) is 19.3 Å². The zero-order valence-electron chi connectivity index (χ0n) is 19.7. The second-order valence-corrected chi connectivity index (χ2v) is 11.2. The molecular formula is C26H39NO5S. The summed E-state index contributed by atoms with van der Waals surface area (Å²) >= 11 is 1.54. The van der Waals surface area contributed by atoms with Gasteiger partial charge < -0.3 is 20.1 Å². The molecule has 3 aliphatic rings. The summed E-state index contributed by atoms with van der Waals surface area (Å²) in [5.41, 5.74) is 0.0717. The largest absolute Gasteiger partial charge is 0.462 e. The normalized spacial score (nSPS) is 31.7. The topological polar surface area (TPSA) is 111 Å². The zero-order valence-corrected chi connectivity index (χ0v) is 20.5. The van der Waals surface area contributed by atoms with Gasteiger partial charge in [-0.05, 0) is 74.0 Å². The number of rotatable bonds is 12. The Hall–Kier alpha value is -1.33. The van der Waals surface area contributed by atoms with E-state index in [0.717, 1.165) is 38.5 Å². The molecule has 2 saturated carbocycles.